The van der Waals surface area contributed by atoms with Crippen molar-refractivity contribution in [1.29, 1.82) is 0 Å². The van der Waals surface area contributed by atoms with Crippen LogP contribution in [-0.4, -0.2) is 74.4 Å². The molecule has 8 heteroatoms. The Morgan fingerprint density at radius 2 is 1.62 bits per heavy atom. The van der Waals surface area contributed by atoms with Crippen LogP contribution in [0.4, 0.5) is 5.69 Å². The molecule has 0 amide bonds. The largest absolute Gasteiger partial charge is 0.490 e. The van der Waals surface area contributed by atoms with E-state index in [1.165, 1.54) is 7.11 Å². The first-order valence-electron chi connectivity index (χ1n) is 8.16. The molecule has 2 fully saturated rings. The van der Waals surface area contributed by atoms with Crippen LogP contribution in [-0.2, 0) is 9.47 Å². The number of ether oxygens (including phenoxy) is 3. The van der Waals surface area contributed by atoms with E-state index in [1.807, 2.05) is 6.07 Å². The highest BCUT2D eigenvalue weighted by Gasteiger charge is 2.31. The molecule has 0 unspecified atom stereocenters. The van der Waals surface area contributed by atoms with Gasteiger partial charge in [0.2, 0.25) is 0 Å². The lowest BCUT2D eigenvalue weighted by molar-refractivity contribution is -0.385. The Morgan fingerprint density at radius 1 is 1.08 bits per heavy atom. The number of nitro benzene ring substituents is 1. The van der Waals surface area contributed by atoms with E-state index in [4.69, 9.17) is 14.2 Å². The van der Waals surface area contributed by atoms with Gasteiger partial charge >= 0.3 is 5.69 Å². The van der Waals surface area contributed by atoms with Crippen LogP contribution in [0.15, 0.2) is 18.2 Å². The first-order valence-corrected chi connectivity index (χ1v) is 8.16. The fraction of sp³-hybridized carbons (Fsp3) is 0.625. The molecule has 2 aliphatic heterocycles. The molecule has 24 heavy (non-hydrogen) atoms. The third kappa shape index (κ3) is 3.67. The number of rotatable bonds is 5. The molecule has 0 atom stereocenters. The second kappa shape index (κ2) is 7.89. The van der Waals surface area contributed by atoms with Crippen molar-refractivity contribution >= 4 is 5.69 Å². The second-order valence-corrected chi connectivity index (χ2v) is 5.86. The normalized spacial score (nSPS) is 20.2. The first kappa shape index (κ1) is 17.1. The van der Waals surface area contributed by atoms with Crippen molar-refractivity contribution in [2.24, 2.45) is 0 Å². The van der Waals surface area contributed by atoms with Gasteiger partial charge in [-0.15, -0.1) is 0 Å². The SMILES string of the molecule is COc1ccc(C(N2CCOCC2)N2CCOCC2)cc1[N+](=O)[O-]. The number of hydrogen-bond donors (Lipinski definition) is 0. The molecule has 3 rings (SSSR count). The summed E-state index contributed by atoms with van der Waals surface area (Å²) in [6.07, 6.45) is -0.0117. The standard InChI is InChI=1S/C16H23N3O5/c1-22-15-3-2-13(12-14(15)19(20)21)16(17-4-8-23-9-5-17)18-6-10-24-11-7-18/h2-3,12,16H,4-11H2,1H3. The maximum atomic E-state index is 11.4. The van der Waals surface area contributed by atoms with Crippen molar-refractivity contribution < 1.29 is 19.1 Å². The molecule has 0 aromatic heterocycles. The maximum Gasteiger partial charge on any atom is 0.311 e. The molecule has 0 saturated carbocycles. The molecule has 2 saturated heterocycles. The van der Waals surface area contributed by atoms with Gasteiger partial charge in [-0.2, -0.15) is 0 Å². The highest BCUT2D eigenvalue weighted by atomic mass is 16.6. The molecular formula is C16H23N3O5. The highest BCUT2D eigenvalue weighted by Crippen LogP contribution is 2.34. The minimum atomic E-state index is -0.391. The van der Waals surface area contributed by atoms with Gasteiger partial charge in [0, 0.05) is 32.2 Å². The lowest BCUT2D eigenvalue weighted by Crippen LogP contribution is -2.50. The van der Waals surface area contributed by atoms with E-state index < -0.39 is 4.92 Å². The predicted octanol–water partition coefficient (Wildman–Crippen LogP) is 1.27. The van der Waals surface area contributed by atoms with E-state index in [-0.39, 0.29) is 17.6 Å². The molecule has 2 aliphatic rings. The summed E-state index contributed by atoms with van der Waals surface area (Å²) >= 11 is 0. The van der Waals surface area contributed by atoms with Crippen LogP contribution in [0.25, 0.3) is 0 Å². The lowest BCUT2D eigenvalue weighted by atomic mass is 10.1. The molecule has 8 nitrogen and oxygen atoms in total. The fourth-order valence-electron chi connectivity index (χ4n) is 3.31. The number of hydrogen-bond acceptors (Lipinski definition) is 7. The Morgan fingerprint density at radius 3 is 2.08 bits per heavy atom. The zero-order chi connectivity index (χ0) is 16.9. The molecule has 0 bridgehead atoms. The Labute approximate surface area is 141 Å². The van der Waals surface area contributed by atoms with Gasteiger partial charge in [-0.25, -0.2) is 0 Å². The van der Waals surface area contributed by atoms with Crippen molar-refractivity contribution in [3.8, 4) is 5.75 Å². The van der Waals surface area contributed by atoms with E-state index in [0.29, 0.717) is 26.4 Å². The van der Waals surface area contributed by atoms with Crippen LogP contribution in [0.5, 0.6) is 5.75 Å². The van der Waals surface area contributed by atoms with Crippen LogP contribution in [0.2, 0.25) is 0 Å². The van der Waals surface area contributed by atoms with Gasteiger partial charge < -0.3 is 14.2 Å². The topological polar surface area (TPSA) is 77.3 Å². The van der Waals surface area contributed by atoms with Crippen LogP contribution >= 0.6 is 0 Å². The number of morpholine rings is 2. The van der Waals surface area contributed by atoms with Gasteiger partial charge in [0.1, 0.15) is 0 Å². The molecular weight excluding hydrogens is 314 g/mol. The highest BCUT2D eigenvalue weighted by molar-refractivity contribution is 5.49. The molecule has 0 N–H and O–H groups in total. The quantitative estimate of drug-likeness (QED) is 0.591. The van der Waals surface area contributed by atoms with Crippen molar-refractivity contribution in [2.75, 3.05) is 59.7 Å². The summed E-state index contributed by atoms with van der Waals surface area (Å²) in [5, 5.41) is 11.4. The summed E-state index contributed by atoms with van der Waals surface area (Å²) in [7, 11) is 1.45. The zero-order valence-corrected chi connectivity index (χ0v) is 13.8. The number of nitrogens with zero attached hydrogens (tertiary/aromatic N) is 3. The van der Waals surface area contributed by atoms with Gasteiger partial charge in [-0.3, -0.25) is 19.9 Å². The van der Waals surface area contributed by atoms with Crippen molar-refractivity contribution in [1.82, 2.24) is 9.80 Å². The van der Waals surface area contributed by atoms with Crippen LogP contribution in [0.3, 0.4) is 0 Å². The lowest BCUT2D eigenvalue weighted by Gasteiger charge is -2.43. The van der Waals surface area contributed by atoms with Crippen LogP contribution in [0.1, 0.15) is 11.7 Å². The van der Waals surface area contributed by atoms with Crippen LogP contribution < -0.4 is 4.74 Å². The summed E-state index contributed by atoms with van der Waals surface area (Å²) in [4.78, 5) is 15.6. The molecule has 132 valence electrons. The van der Waals surface area contributed by atoms with Gasteiger partial charge in [0.05, 0.1) is 44.6 Å². The third-order valence-electron chi connectivity index (χ3n) is 4.48. The number of benzene rings is 1. The smallest absolute Gasteiger partial charge is 0.311 e. The van der Waals surface area contributed by atoms with E-state index in [0.717, 1.165) is 31.7 Å². The third-order valence-corrected chi connectivity index (χ3v) is 4.48. The minimum absolute atomic E-state index is 0.00141. The Hall–Kier alpha value is -1.74. The average molecular weight is 337 g/mol. The number of methoxy groups -OCH3 is 1. The summed E-state index contributed by atoms with van der Waals surface area (Å²) in [6.45, 7) is 5.95. The summed E-state index contributed by atoms with van der Waals surface area (Å²) in [5.41, 5.74) is 0.910. The zero-order valence-electron chi connectivity index (χ0n) is 13.8. The Balaban J connectivity index is 1.94. The second-order valence-electron chi connectivity index (χ2n) is 5.86. The van der Waals surface area contributed by atoms with Gasteiger partial charge in [-0.05, 0) is 11.6 Å². The summed E-state index contributed by atoms with van der Waals surface area (Å²) in [6, 6.07) is 5.23. The maximum absolute atomic E-state index is 11.4. The molecule has 0 radical (unpaired) electrons. The van der Waals surface area contributed by atoms with Crippen molar-refractivity contribution in [3.63, 3.8) is 0 Å². The minimum Gasteiger partial charge on any atom is -0.490 e. The van der Waals surface area contributed by atoms with E-state index in [1.54, 1.807) is 12.1 Å². The molecule has 0 spiro atoms. The van der Waals surface area contributed by atoms with Gasteiger partial charge in [-0.1, -0.05) is 6.07 Å². The Bertz CT molecular complexity index is 553. The monoisotopic (exact) mass is 337 g/mol. The van der Waals surface area contributed by atoms with E-state index in [2.05, 4.69) is 9.80 Å². The first-order chi connectivity index (χ1) is 11.7. The van der Waals surface area contributed by atoms with Gasteiger partial charge in [0.25, 0.3) is 0 Å². The number of nitro groups is 1. The Kier molecular flexibility index (Phi) is 5.62. The average Bonchev–Trinajstić information content (AvgIpc) is 2.63. The van der Waals surface area contributed by atoms with Crippen molar-refractivity contribution in [3.05, 3.63) is 33.9 Å². The van der Waals surface area contributed by atoms with E-state index >= 15 is 0 Å². The van der Waals surface area contributed by atoms with Crippen molar-refractivity contribution in [2.45, 2.75) is 6.17 Å². The molecule has 1 aromatic carbocycles. The summed E-state index contributed by atoms with van der Waals surface area (Å²) in [5.74, 6) is 0.284. The summed E-state index contributed by atoms with van der Waals surface area (Å²) < 4.78 is 16.0. The molecule has 1 aromatic rings. The molecule has 0 aliphatic carbocycles. The van der Waals surface area contributed by atoms with Crippen LogP contribution in [0, 0.1) is 10.1 Å². The predicted molar refractivity (Wildman–Crippen MR) is 87.2 cm³/mol. The van der Waals surface area contributed by atoms with Gasteiger partial charge in [0.15, 0.2) is 5.75 Å². The molecule has 2 heterocycles. The van der Waals surface area contributed by atoms with E-state index in [9.17, 15) is 10.1 Å². The fourth-order valence-corrected chi connectivity index (χ4v) is 3.31.